The minimum Gasteiger partial charge on any atom is -0.338 e. The highest BCUT2D eigenvalue weighted by Gasteiger charge is 2.40. The molecule has 0 unspecified atom stereocenters. The summed E-state index contributed by atoms with van der Waals surface area (Å²) in [6.45, 7) is 0.942. The second kappa shape index (κ2) is 6.51. The minimum atomic E-state index is 0.168. The van der Waals surface area contributed by atoms with Crippen LogP contribution >= 0.6 is 0 Å². The van der Waals surface area contributed by atoms with E-state index < -0.39 is 0 Å². The van der Waals surface area contributed by atoms with Crippen molar-refractivity contribution in [3.8, 4) is 0 Å². The molecule has 1 saturated heterocycles. The predicted molar refractivity (Wildman–Crippen MR) is 93.3 cm³/mol. The van der Waals surface area contributed by atoms with E-state index in [1.165, 1.54) is 38.5 Å². The summed E-state index contributed by atoms with van der Waals surface area (Å²) in [6.07, 6.45) is 13.0. The molecule has 4 rings (SSSR count). The maximum atomic E-state index is 12.2. The molecular formula is C19H30N4O. The van der Waals surface area contributed by atoms with Crippen LogP contribution in [-0.2, 0) is 11.8 Å². The normalized spacial score (nSPS) is 34.1. The number of nitrogens with zero attached hydrogens (tertiary/aromatic N) is 3. The molecule has 0 bridgehead atoms. The van der Waals surface area contributed by atoms with Crippen molar-refractivity contribution < 1.29 is 4.79 Å². The zero-order valence-corrected chi connectivity index (χ0v) is 14.9. The van der Waals surface area contributed by atoms with Crippen LogP contribution in [0.3, 0.4) is 0 Å². The number of amides is 1. The van der Waals surface area contributed by atoms with Gasteiger partial charge in [0.25, 0.3) is 0 Å². The van der Waals surface area contributed by atoms with Crippen molar-refractivity contribution in [2.45, 2.75) is 57.0 Å². The summed E-state index contributed by atoms with van der Waals surface area (Å²) in [7, 11) is 3.87. The standard InChI is InChI=1S/C19H30N4O/c1-22-12-16(11-21-22)19-15(9-18(24)23(19)2)10-20-17-5-3-4-14(8-17)13-6-7-13/h11-15,17,19-20H,3-10H2,1-2H3/t14-,15-,17-,19+/m0/s1. The smallest absolute Gasteiger partial charge is 0.223 e. The number of carbonyl (C=O) groups excluding carboxylic acids is 1. The third kappa shape index (κ3) is 3.23. The van der Waals surface area contributed by atoms with E-state index in [2.05, 4.69) is 16.6 Å². The van der Waals surface area contributed by atoms with E-state index in [9.17, 15) is 4.79 Å². The van der Waals surface area contributed by atoms with E-state index in [4.69, 9.17) is 0 Å². The Bertz CT molecular complexity index is 594. The Morgan fingerprint density at radius 1 is 1.21 bits per heavy atom. The molecule has 1 aromatic rings. The van der Waals surface area contributed by atoms with Gasteiger partial charge in [-0.25, -0.2) is 0 Å². The zero-order valence-electron chi connectivity index (χ0n) is 14.9. The first-order valence-electron chi connectivity index (χ1n) is 9.59. The van der Waals surface area contributed by atoms with Gasteiger partial charge in [0.1, 0.15) is 0 Å². The number of likely N-dealkylation sites (tertiary alicyclic amines) is 1. The highest BCUT2D eigenvalue weighted by atomic mass is 16.2. The number of nitrogens with one attached hydrogen (secondary N) is 1. The maximum absolute atomic E-state index is 12.2. The molecule has 3 aliphatic rings. The van der Waals surface area contributed by atoms with E-state index in [-0.39, 0.29) is 11.9 Å². The van der Waals surface area contributed by atoms with Crippen LogP contribution < -0.4 is 5.32 Å². The first kappa shape index (κ1) is 16.1. The Balaban J connectivity index is 1.38. The molecule has 0 aromatic carbocycles. The minimum absolute atomic E-state index is 0.168. The summed E-state index contributed by atoms with van der Waals surface area (Å²) >= 11 is 0. The number of aromatic nitrogens is 2. The van der Waals surface area contributed by atoms with Crippen LogP contribution in [-0.4, -0.2) is 40.2 Å². The van der Waals surface area contributed by atoms with Crippen LogP contribution in [0.4, 0.5) is 0 Å². The topological polar surface area (TPSA) is 50.2 Å². The second-order valence-corrected chi connectivity index (χ2v) is 8.23. The van der Waals surface area contributed by atoms with Gasteiger partial charge < -0.3 is 10.2 Å². The van der Waals surface area contributed by atoms with Gasteiger partial charge in [-0.2, -0.15) is 5.10 Å². The predicted octanol–water partition coefficient (Wildman–Crippen LogP) is 2.50. The van der Waals surface area contributed by atoms with Gasteiger partial charge in [-0.3, -0.25) is 9.48 Å². The summed E-state index contributed by atoms with van der Waals surface area (Å²) in [5.74, 6) is 2.60. The fourth-order valence-electron chi connectivity index (χ4n) is 4.95. The number of rotatable bonds is 5. The van der Waals surface area contributed by atoms with Gasteiger partial charge in [0.15, 0.2) is 0 Å². The number of hydrogen-bond acceptors (Lipinski definition) is 3. The fraction of sp³-hybridized carbons (Fsp3) is 0.789. The van der Waals surface area contributed by atoms with E-state index in [0.717, 1.165) is 23.9 Å². The molecule has 2 aliphatic carbocycles. The summed E-state index contributed by atoms with van der Waals surface area (Å²) in [6, 6.07) is 0.821. The van der Waals surface area contributed by atoms with Crippen molar-refractivity contribution in [3.05, 3.63) is 18.0 Å². The summed E-state index contributed by atoms with van der Waals surface area (Å²) in [4.78, 5) is 14.2. The van der Waals surface area contributed by atoms with Gasteiger partial charge in [-0.15, -0.1) is 0 Å². The lowest BCUT2D eigenvalue weighted by Crippen LogP contribution is -2.38. The molecule has 1 amide bonds. The highest BCUT2D eigenvalue weighted by molar-refractivity contribution is 5.79. The molecule has 5 nitrogen and oxygen atoms in total. The molecule has 2 saturated carbocycles. The monoisotopic (exact) mass is 330 g/mol. The Hall–Kier alpha value is -1.36. The largest absolute Gasteiger partial charge is 0.338 e. The van der Waals surface area contributed by atoms with Crippen molar-refractivity contribution >= 4 is 5.91 Å². The lowest BCUT2D eigenvalue weighted by molar-refractivity contribution is -0.127. The molecule has 5 heteroatoms. The van der Waals surface area contributed by atoms with E-state index in [1.54, 1.807) is 0 Å². The lowest BCUT2D eigenvalue weighted by atomic mass is 9.82. The molecule has 0 radical (unpaired) electrons. The Morgan fingerprint density at radius 2 is 2.04 bits per heavy atom. The average Bonchev–Trinajstić information content (AvgIpc) is 3.29. The van der Waals surface area contributed by atoms with Crippen LogP contribution in [0.15, 0.2) is 12.4 Å². The van der Waals surface area contributed by atoms with Crippen LogP contribution in [0, 0.1) is 17.8 Å². The number of aryl methyl sites for hydroxylation is 1. The van der Waals surface area contributed by atoms with Gasteiger partial charge in [-0.1, -0.05) is 12.8 Å². The Morgan fingerprint density at radius 3 is 2.75 bits per heavy atom. The maximum Gasteiger partial charge on any atom is 0.223 e. The van der Waals surface area contributed by atoms with E-state index in [0.29, 0.717) is 18.4 Å². The summed E-state index contributed by atoms with van der Waals surface area (Å²) in [5, 5.41) is 8.12. The lowest BCUT2D eigenvalue weighted by Gasteiger charge is -2.32. The third-order valence-corrected chi connectivity index (χ3v) is 6.43. The molecule has 24 heavy (non-hydrogen) atoms. The number of carbonyl (C=O) groups is 1. The van der Waals surface area contributed by atoms with Gasteiger partial charge >= 0.3 is 0 Å². The van der Waals surface area contributed by atoms with Crippen LogP contribution in [0.2, 0.25) is 0 Å². The SMILES string of the molecule is CN1C(=O)C[C@@H](CN[C@H]2CCC[C@H](C3CC3)C2)[C@@H]1c1cnn(C)c1. The molecule has 0 spiro atoms. The quantitative estimate of drug-likeness (QED) is 0.902. The molecule has 1 aliphatic heterocycles. The molecular weight excluding hydrogens is 300 g/mol. The average molecular weight is 330 g/mol. The van der Waals surface area contributed by atoms with E-state index in [1.807, 2.05) is 29.9 Å². The van der Waals surface area contributed by atoms with Crippen LogP contribution in [0.25, 0.3) is 0 Å². The first-order valence-corrected chi connectivity index (χ1v) is 9.59. The molecule has 2 heterocycles. The van der Waals surface area contributed by atoms with Crippen molar-refractivity contribution in [1.29, 1.82) is 0 Å². The molecule has 1 N–H and O–H groups in total. The summed E-state index contributed by atoms with van der Waals surface area (Å²) in [5.41, 5.74) is 1.16. The van der Waals surface area contributed by atoms with Crippen molar-refractivity contribution in [3.63, 3.8) is 0 Å². The second-order valence-electron chi connectivity index (χ2n) is 8.23. The Kier molecular flexibility index (Phi) is 4.37. The third-order valence-electron chi connectivity index (χ3n) is 6.43. The van der Waals surface area contributed by atoms with Crippen LogP contribution in [0.5, 0.6) is 0 Å². The summed E-state index contributed by atoms with van der Waals surface area (Å²) < 4.78 is 1.83. The van der Waals surface area contributed by atoms with Crippen molar-refractivity contribution in [2.75, 3.05) is 13.6 Å². The number of hydrogen-bond donors (Lipinski definition) is 1. The van der Waals surface area contributed by atoms with Crippen molar-refractivity contribution in [2.24, 2.45) is 24.8 Å². The van der Waals surface area contributed by atoms with Gasteiger partial charge in [0, 0.05) is 50.8 Å². The van der Waals surface area contributed by atoms with Gasteiger partial charge in [0.05, 0.1) is 12.2 Å². The van der Waals surface area contributed by atoms with Crippen molar-refractivity contribution in [1.82, 2.24) is 20.0 Å². The van der Waals surface area contributed by atoms with Gasteiger partial charge in [0.2, 0.25) is 5.91 Å². The Labute approximate surface area is 144 Å². The first-order chi connectivity index (χ1) is 11.6. The molecule has 3 fully saturated rings. The van der Waals surface area contributed by atoms with E-state index >= 15 is 0 Å². The molecule has 1 aromatic heterocycles. The van der Waals surface area contributed by atoms with Gasteiger partial charge in [-0.05, 0) is 37.5 Å². The fourth-order valence-corrected chi connectivity index (χ4v) is 4.95. The molecule has 132 valence electrons. The molecule has 4 atom stereocenters. The van der Waals surface area contributed by atoms with Crippen LogP contribution in [0.1, 0.15) is 56.6 Å². The highest BCUT2D eigenvalue weighted by Crippen LogP contribution is 2.44. The zero-order chi connectivity index (χ0) is 16.7.